The van der Waals surface area contributed by atoms with E-state index < -0.39 is 0 Å². The van der Waals surface area contributed by atoms with Gasteiger partial charge in [0.2, 0.25) is 0 Å². The molecule has 0 fully saturated rings. The van der Waals surface area contributed by atoms with E-state index in [-0.39, 0.29) is 0 Å². The molecular formula is C21H24N4O2. The monoisotopic (exact) mass is 364 g/mol. The van der Waals surface area contributed by atoms with Gasteiger partial charge in [-0.05, 0) is 23.8 Å². The molecule has 0 saturated heterocycles. The number of methoxy groups -OCH3 is 2. The number of aliphatic imine (C=N–C) groups is 1. The van der Waals surface area contributed by atoms with Crippen LogP contribution in [0.25, 0.3) is 10.9 Å². The molecule has 1 heterocycles. The van der Waals surface area contributed by atoms with Crippen molar-refractivity contribution in [3.05, 3.63) is 65.9 Å². The molecule has 0 aliphatic heterocycles. The summed E-state index contributed by atoms with van der Waals surface area (Å²) in [7, 11) is 5.04. The van der Waals surface area contributed by atoms with Gasteiger partial charge < -0.3 is 20.1 Å². The van der Waals surface area contributed by atoms with E-state index in [2.05, 4.69) is 38.8 Å². The normalized spacial score (nSPS) is 11.3. The second kappa shape index (κ2) is 8.89. The number of hydrogen-bond acceptors (Lipinski definition) is 4. The van der Waals surface area contributed by atoms with E-state index in [4.69, 9.17) is 9.47 Å². The van der Waals surface area contributed by atoms with Gasteiger partial charge in [-0.25, -0.2) is 0 Å². The van der Waals surface area contributed by atoms with Crippen molar-refractivity contribution in [3.63, 3.8) is 0 Å². The third-order valence-electron chi connectivity index (χ3n) is 4.33. The van der Waals surface area contributed by atoms with Crippen molar-refractivity contribution < 1.29 is 9.47 Å². The number of benzene rings is 2. The van der Waals surface area contributed by atoms with E-state index in [0.29, 0.717) is 19.0 Å². The number of ether oxygens (including phenoxy) is 2. The van der Waals surface area contributed by atoms with E-state index in [1.54, 1.807) is 21.3 Å². The highest BCUT2D eigenvalue weighted by molar-refractivity contribution is 5.83. The molecular weight excluding hydrogens is 340 g/mol. The van der Waals surface area contributed by atoms with Gasteiger partial charge in [0, 0.05) is 43.4 Å². The summed E-state index contributed by atoms with van der Waals surface area (Å²) in [5.41, 5.74) is 3.14. The van der Waals surface area contributed by atoms with E-state index in [0.717, 1.165) is 33.5 Å². The highest BCUT2D eigenvalue weighted by atomic mass is 16.5. The summed E-state index contributed by atoms with van der Waals surface area (Å²) in [6.45, 7) is 1.22. The first-order valence-electron chi connectivity index (χ1n) is 8.73. The molecule has 0 atom stereocenters. The van der Waals surface area contributed by atoms with Crippen LogP contribution in [-0.2, 0) is 13.1 Å². The van der Waals surface area contributed by atoms with Gasteiger partial charge >= 0.3 is 0 Å². The van der Waals surface area contributed by atoms with Gasteiger partial charge in [-0.15, -0.1) is 0 Å². The molecule has 0 radical (unpaired) electrons. The number of hydrogen-bond donors (Lipinski definition) is 2. The Morgan fingerprint density at radius 2 is 1.74 bits per heavy atom. The fourth-order valence-electron chi connectivity index (χ4n) is 2.89. The zero-order chi connectivity index (χ0) is 19.1. The van der Waals surface area contributed by atoms with Gasteiger partial charge in [-0.3, -0.25) is 9.98 Å². The Labute approximate surface area is 159 Å². The smallest absolute Gasteiger partial charge is 0.191 e. The molecule has 2 N–H and O–H groups in total. The van der Waals surface area contributed by atoms with Crippen LogP contribution < -0.4 is 20.1 Å². The SMILES string of the molecule is CN=C(NCc1ccc(OC)cc1OC)NCc1cccc2cccnc12. The lowest BCUT2D eigenvalue weighted by Gasteiger charge is -2.15. The maximum absolute atomic E-state index is 5.44. The molecule has 0 aliphatic carbocycles. The molecule has 6 nitrogen and oxygen atoms in total. The zero-order valence-corrected chi connectivity index (χ0v) is 15.8. The summed E-state index contributed by atoms with van der Waals surface area (Å²) in [6, 6.07) is 16.0. The van der Waals surface area contributed by atoms with Gasteiger partial charge in [-0.1, -0.05) is 24.3 Å². The van der Waals surface area contributed by atoms with Crippen molar-refractivity contribution in [2.45, 2.75) is 13.1 Å². The first kappa shape index (κ1) is 18.5. The average molecular weight is 364 g/mol. The lowest BCUT2D eigenvalue weighted by Crippen LogP contribution is -2.36. The minimum absolute atomic E-state index is 0.584. The number of pyridine rings is 1. The van der Waals surface area contributed by atoms with Crippen molar-refractivity contribution in [2.24, 2.45) is 4.99 Å². The predicted octanol–water partition coefficient (Wildman–Crippen LogP) is 3.12. The van der Waals surface area contributed by atoms with Crippen LogP contribution in [0.4, 0.5) is 0 Å². The van der Waals surface area contributed by atoms with E-state index in [1.807, 2.05) is 36.5 Å². The second-order valence-corrected chi connectivity index (χ2v) is 5.95. The Hall–Kier alpha value is -3.28. The van der Waals surface area contributed by atoms with Crippen molar-refractivity contribution in [1.82, 2.24) is 15.6 Å². The van der Waals surface area contributed by atoms with Crippen molar-refractivity contribution in [2.75, 3.05) is 21.3 Å². The van der Waals surface area contributed by atoms with Crippen LogP contribution in [0.2, 0.25) is 0 Å². The predicted molar refractivity (Wildman–Crippen MR) is 108 cm³/mol. The van der Waals surface area contributed by atoms with Gasteiger partial charge in [0.25, 0.3) is 0 Å². The molecule has 0 aliphatic rings. The van der Waals surface area contributed by atoms with Gasteiger partial charge in [0.15, 0.2) is 5.96 Å². The van der Waals surface area contributed by atoms with E-state index in [1.165, 1.54) is 0 Å². The molecule has 3 rings (SSSR count). The summed E-state index contributed by atoms with van der Waals surface area (Å²) >= 11 is 0. The standard InChI is InChI=1S/C21H24N4O2/c1-22-21(24-13-16-9-10-18(26-2)12-19(16)27-3)25-14-17-7-4-6-15-8-5-11-23-20(15)17/h4-12H,13-14H2,1-3H3,(H2,22,24,25). The van der Waals surface area contributed by atoms with Crippen molar-refractivity contribution in [3.8, 4) is 11.5 Å². The Kier molecular flexibility index (Phi) is 6.10. The molecule has 2 aromatic carbocycles. The quantitative estimate of drug-likeness (QED) is 0.520. The highest BCUT2D eigenvalue weighted by Crippen LogP contribution is 2.24. The Morgan fingerprint density at radius 3 is 2.48 bits per heavy atom. The number of nitrogens with one attached hydrogen (secondary N) is 2. The lowest BCUT2D eigenvalue weighted by atomic mass is 10.1. The van der Waals surface area contributed by atoms with Crippen LogP contribution in [0.1, 0.15) is 11.1 Å². The third kappa shape index (κ3) is 4.47. The number of aromatic nitrogens is 1. The Balaban J connectivity index is 1.65. The molecule has 0 bridgehead atoms. The van der Waals surface area contributed by atoms with Crippen LogP contribution in [-0.4, -0.2) is 32.2 Å². The summed E-state index contributed by atoms with van der Waals surface area (Å²) < 4.78 is 10.7. The first-order valence-corrected chi connectivity index (χ1v) is 8.73. The minimum atomic E-state index is 0.584. The number of rotatable bonds is 6. The van der Waals surface area contributed by atoms with Crippen LogP contribution >= 0.6 is 0 Å². The number of nitrogens with zero attached hydrogens (tertiary/aromatic N) is 2. The number of guanidine groups is 1. The zero-order valence-electron chi connectivity index (χ0n) is 15.8. The van der Waals surface area contributed by atoms with Gasteiger partial charge in [0.1, 0.15) is 11.5 Å². The fraction of sp³-hybridized carbons (Fsp3) is 0.238. The van der Waals surface area contributed by atoms with Crippen molar-refractivity contribution >= 4 is 16.9 Å². The summed E-state index contributed by atoms with van der Waals surface area (Å²) in [5, 5.41) is 7.78. The second-order valence-electron chi connectivity index (χ2n) is 5.95. The molecule has 0 unspecified atom stereocenters. The van der Waals surface area contributed by atoms with Crippen LogP contribution in [0.3, 0.4) is 0 Å². The number of para-hydroxylation sites is 1. The van der Waals surface area contributed by atoms with Gasteiger partial charge in [0.05, 0.1) is 19.7 Å². The largest absolute Gasteiger partial charge is 0.497 e. The molecule has 3 aromatic rings. The molecule has 0 saturated carbocycles. The third-order valence-corrected chi connectivity index (χ3v) is 4.33. The molecule has 27 heavy (non-hydrogen) atoms. The van der Waals surface area contributed by atoms with Crippen LogP contribution in [0.5, 0.6) is 11.5 Å². The molecule has 0 amide bonds. The summed E-state index contributed by atoms with van der Waals surface area (Å²) in [5.74, 6) is 2.25. The van der Waals surface area contributed by atoms with Crippen LogP contribution in [0, 0.1) is 0 Å². The molecule has 140 valence electrons. The van der Waals surface area contributed by atoms with Crippen molar-refractivity contribution in [1.29, 1.82) is 0 Å². The maximum atomic E-state index is 5.44. The number of fused-ring (bicyclic) bond motifs is 1. The average Bonchev–Trinajstić information content (AvgIpc) is 2.73. The van der Waals surface area contributed by atoms with Gasteiger partial charge in [-0.2, -0.15) is 0 Å². The molecule has 0 spiro atoms. The summed E-state index contributed by atoms with van der Waals surface area (Å²) in [6.07, 6.45) is 1.81. The molecule has 6 heteroatoms. The lowest BCUT2D eigenvalue weighted by molar-refractivity contribution is 0.390. The first-order chi connectivity index (χ1) is 13.2. The Bertz CT molecular complexity index is 935. The van der Waals surface area contributed by atoms with E-state index >= 15 is 0 Å². The Morgan fingerprint density at radius 1 is 0.963 bits per heavy atom. The molecule has 1 aromatic heterocycles. The fourth-order valence-corrected chi connectivity index (χ4v) is 2.89. The minimum Gasteiger partial charge on any atom is -0.497 e. The van der Waals surface area contributed by atoms with Crippen LogP contribution in [0.15, 0.2) is 59.7 Å². The summed E-state index contributed by atoms with van der Waals surface area (Å²) in [4.78, 5) is 8.78. The highest BCUT2D eigenvalue weighted by Gasteiger charge is 2.07. The maximum Gasteiger partial charge on any atom is 0.191 e. The van der Waals surface area contributed by atoms with E-state index in [9.17, 15) is 0 Å². The topological polar surface area (TPSA) is 67.8 Å².